The number of halogens is 1. The Balaban J connectivity index is 0.00000169. The lowest BCUT2D eigenvalue weighted by atomic mass is 10.1. The molecule has 0 saturated heterocycles. The monoisotopic (exact) mass is 227 g/mol. The van der Waals surface area contributed by atoms with Gasteiger partial charge >= 0.3 is 0 Å². The maximum atomic E-state index is 8.76. The molecule has 0 aliphatic carbocycles. The van der Waals surface area contributed by atoms with E-state index in [-0.39, 0.29) is 12.4 Å². The Labute approximate surface area is 93.2 Å². The Morgan fingerprint density at radius 3 is 2.71 bits per heavy atom. The van der Waals surface area contributed by atoms with Gasteiger partial charge in [0.25, 0.3) is 5.17 Å². The first-order valence-corrected chi connectivity index (χ1v) is 4.71. The van der Waals surface area contributed by atoms with Crippen LogP contribution in [0.3, 0.4) is 0 Å². The van der Waals surface area contributed by atoms with Gasteiger partial charge in [0, 0.05) is 5.75 Å². The van der Waals surface area contributed by atoms with Crippen molar-refractivity contribution in [2.24, 2.45) is 5.73 Å². The fraction of sp³-hybridized carbons (Fsp3) is 0.111. The molecule has 0 amide bonds. The van der Waals surface area contributed by atoms with Gasteiger partial charge < -0.3 is 12.4 Å². The largest absolute Gasteiger partial charge is 1.00 e. The Hall–Kier alpha value is -1.18. The number of hydrogen-bond acceptors (Lipinski definition) is 2. The first kappa shape index (κ1) is 12.8. The second-order valence-electron chi connectivity index (χ2n) is 2.46. The third kappa shape index (κ3) is 3.69. The molecule has 4 N–H and O–H groups in total. The lowest BCUT2D eigenvalue weighted by Gasteiger charge is -1.99. The summed E-state index contributed by atoms with van der Waals surface area (Å²) in [4.78, 5) is 0. The molecule has 3 nitrogen and oxygen atoms in total. The Bertz CT molecular complexity index is 359. The molecule has 0 aliphatic heterocycles. The predicted octanol–water partition coefficient (Wildman–Crippen LogP) is -3.13. The second kappa shape index (κ2) is 6.30. The number of hydrogen-bond donors (Lipinski definition) is 2. The molecule has 0 atom stereocenters. The quantitative estimate of drug-likeness (QED) is 0.415. The van der Waals surface area contributed by atoms with E-state index in [1.807, 2.05) is 18.2 Å². The standard InChI is InChI=1S/C9H9N3S.ClH/c10-5-7-3-1-2-4-8(7)6-13-9(11)12;/h1-4H,6H2,(H3,11,12);1H. The van der Waals surface area contributed by atoms with Crippen LogP contribution in [-0.2, 0) is 5.75 Å². The van der Waals surface area contributed by atoms with Gasteiger partial charge in [0.05, 0.1) is 11.6 Å². The van der Waals surface area contributed by atoms with E-state index in [0.29, 0.717) is 16.5 Å². The number of rotatable bonds is 2. The van der Waals surface area contributed by atoms with Gasteiger partial charge in [0.15, 0.2) is 0 Å². The van der Waals surface area contributed by atoms with Crippen LogP contribution in [-0.4, -0.2) is 5.17 Å². The number of nitriles is 1. The molecule has 0 aliphatic rings. The molecule has 0 spiro atoms. The zero-order chi connectivity index (χ0) is 9.68. The maximum absolute atomic E-state index is 8.76. The molecule has 5 heteroatoms. The SMILES string of the molecule is N#Cc1ccccc1CSC(N)=[NH2+].[Cl-]. The van der Waals surface area contributed by atoms with Crippen molar-refractivity contribution in [3.8, 4) is 6.07 Å². The lowest BCUT2D eigenvalue weighted by Crippen LogP contribution is -3.00. The third-order valence-electron chi connectivity index (χ3n) is 1.53. The van der Waals surface area contributed by atoms with E-state index in [2.05, 4.69) is 6.07 Å². The van der Waals surface area contributed by atoms with Gasteiger partial charge in [-0.2, -0.15) is 5.26 Å². The number of nitrogens with two attached hydrogens (primary N) is 2. The minimum atomic E-state index is 0. The zero-order valence-corrected chi connectivity index (χ0v) is 8.98. The molecule has 14 heavy (non-hydrogen) atoms. The van der Waals surface area contributed by atoms with E-state index in [1.54, 1.807) is 6.07 Å². The van der Waals surface area contributed by atoms with Crippen molar-refractivity contribution >= 4 is 16.9 Å². The molecular formula is C9H10ClN3S. The fourth-order valence-electron chi connectivity index (χ4n) is 0.916. The lowest BCUT2D eigenvalue weighted by molar-refractivity contribution is -0.110. The van der Waals surface area contributed by atoms with Gasteiger partial charge in [0.2, 0.25) is 0 Å². The number of nitrogens with zero attached hydrogens (tertiary/aromatic N) is 1. The van der Waals surface area contributed by atoms with Crippen LogP contribution in [0.15, 0.2) is 24.3 Å². The molecule has 0 aromatic heterocycles. The highest BCUT2D eigenvalue weighted by Crippen LogP contribution is 2.14. The van der Waals surface area contributed by atoms with Gasteiger partial charge in [-0.05, 0) is 23.4 Å². The molecule has 0 heterocycles. The Morgan fingerprint density at radius 2 is 2.14 bits per heavy atom. The second-order valence-corrected chi connectivity index (χ2v) is 3.51. The van der Waals surface area contributed by atoms with Gasteiger partial charge in [-0.25, -0.2) is 0 Å². The summed E-state index contributed by atoms with van der Waals surface area (Å²) in [5.41, 5.74) is 6.94. The summed E-state index contributed by atoms with van der Waals surface area (Å²) in [6.07, 6.45) is 0. The molecule has 0 bridgehead atoms. The van der Waals surface area contributed by atoms with Crippen molar-refractivity contribution in [2.45, 2.75) is 5.75 Å². The van der Waals surface area contributed by atoms with E-state index >= 15 is 0 Å². The van der Waals surface area contributed by atoms with Gasteiger partial charge in [-0.3, -0.25) is 11.1 Å². The number of benzene rings is 1. The topological polar surface area (TPSA) is 75.4 Å². The molecule has 1 rings (SSSR count). The summed E-state index contributed by atoms with van der Waals surface area (Å²) in [7, 11) is 0. The highest BCUT2D eigenvalue weighted by Gasteiger charge is 2.03. The molecule has 74 valence electrons. The summed E-state index contributed by atoms with van der Waals surface area (Å²) < 4.78 is 0. The normalized spacial score (nSPS) is 8.50. The first-order chi connectivity index (χ1) is 6.24. The van der Waals surface area contributed by atoms with Crippen LogP contribution >= 0.6 is 11.8 Å². The average Bonchev–Trinajstić information content (AvgIpc) is 2.15. The summed E-state index contributed by atoms with van der Waals surface area (Å²) in [6.45, 7) is 0. The van der Waals surface area contributed by atoms with Crippen molar-refractivity contribution in [1.82, 2.24) is 0 Å². The summed E-state index contributed by atoms with van der Waals surface area (Å²) in [6, 6.07) is 9.52. The van der Waals surface area contributed by atoms with Gasteiger partial charge in [-0.1, -0.05) is 18.2 Å². The van der Waals surface area contributed by atoms with Gasteiger partial charge in [-0.15, -0.1) is 0 Å². The summed E-state index contributed by atoms with van der Waals surface area (Å²) >= 11 is 1.33. The Morgan fingerprint density at radius 1 is 1.50 bits per heavy atom. The first-order valence-electron chi connectivity index (χ1n) is 3.72. The summed E-state index contributed by atoms with van der Waals surface area (Å²) in [5, 5.41) is 14.4. The van der Waals surface area contributed by atoms with Crippen molar-refractivity contribution in [1.29, 1.82) is 5.26 Å². The average molecular weight is 228 g/mol. The molecule has 1 aromatic rings. The van der Waals surface area contributed by atoms with Gasteiger partial charge in [0.1, 0.15) is 0 Å². The van der Waals surface area contributed by atoms with Crippen molar-refractivity contribution < 1.29 is 17.8 Å². The van der Waals surface area contributed by atoms with E-state index < -0.39 is 0 Å². The molecule has 0 radical (unpaired) electrons. The number of amidine groups is 1. The molecule has 0 unspecified atom stereocenters. The van der Waals surface area contributed by atoms with Crippen molar-refractivity contribution in [3.63, 3.8) is 0 Å². The van der Waals surface area contributed by atoms with Crippen LogP contribution in [0.4, 0.5) is 0 Å². The van der Waals surface area contributed by atoms with Crippen molar-refractivity contribution in [2.75, 3.05) is 0 Å². The van der Waals surface area contributed by atoms with E-state index in [0.717, 1.165) is 5.56 Å². The number of thioether (sulfide) groups is 1. The fourth-order valence-corrected chi connectivity index (χ4v) is 1.49. The van der Waals surface area contributed by atoms with Crippen LogP contribution in [0, 0.1) is 11.3 Å². The predicted molar refractivity (Wildman–Crippen MR) is 53.6 cm³/mol. The minimum Gasteiger partial charge on any atom is -1.00 e. The zero-order valence-electron chi connectivity index (χ0n) is 7.40. The van der Waals surface area contributed by atoms with Crippen LogP contribution < -0.4 is 23.5 Å². The van der Waals surface area contributed by atoms with Crippen LogP contribution in [0.2, 0.25) is 0 Å². The molecule has 0 saturated carbocycles. The third-order valence-corrected chi connectivity index (χ3v) is 2.32. The van der Waals surface area contributed by atoms with Crippen LogP contribution in [0.1, 0.15) is 11.1 Å². The summed E-state index contributed by atoms with van der Waals surface area (Å²) in [5.74, 6) is 0.645. The van der Waals surface area contributed by atoms with Crippen molar-refractivity contribution in [3.05, 3.63) is 35.4 Å². The van der Waals surface area contributed by atoms with Crippen LogP contribution in [0.25, 0.3) is 0 Å². The minimum absolute atomic E-state index is 0. The Kier molecular flexibility index (Phi) is 5.77. The smallest absolute Gasteiger partial charge is 0.300 e. The van der Waals surface area contributed by atoms with E-state index in [4.69, 9.17) is 16.4 Å². The highest BCUT2D eigenvalue weighted by molar-refractivity contribution is 8.12. The van der Waals surface area contributed by atoms with Crippen LogP contribution in [0.5, 0.6) is 0 Å². The highest BCUT2D eigenvalue weighted by atomic mass is 35.5. The maximum Gasteiger partial charge on any atom is 0.300 e. The van der Waals surface area contributed by atoms with E-state index in [1.165, 1.54) is 11.8 Å². The van der Waals surface area contributed by atoms with E-state index in [9.17, 15) is 0 Å². The molecule has 0 fully saturated rings. The molecular weight excluding hydrogens is 218 g/mol. The molecule has 1 aromatic carbocycles.